The molecule has 0 aliphatic heterocycles. The molecular weight excluding hydrogens is 152 g/mol. The second-order valence-electron chi connectivity index (χ2n) is 1.77. The number of nitro groups is 1. The third kappa shape index (κ3) is 1.34. The molecule has 0 aromatic carbocycles. The van der Waals surface area contributed by atoms with E-state index < -0.39 is 22.4 Å². The third-order valence-electron chi connectivity index (χ3n) is 1.03. The average Bonchev–Trinajstić information content (AvgIpc) is 1.94. The van der Waals surface area contributed by atoms with Gasteiger partial charge in [-0.05, 0) is 11.0 Å². The van der Waals surface area contributed by atoms with E-state index in [0.717, 1.165) is 12.1 Å². The highest BCUT2D eigenvalue weighted by molar-refractivity contribution is 5.36. The first-order valence-electron chi connectivity index (χ1n) is 2.64. The summed E-state index contributed by atoms with van der Waals surface area (Å²) in [6.07, 6.45) is 0. The highest BCUT2D eigenvalue weighted by Crippen LogP contribution is 2.23. The highest BCUT2D eigenvalue weighted by atomic mass is 16.6. The van der Waals surface area contributed by atoms with Gasteiger partial charge in [-0.15, -0.1) is 0 Å². The van der Waals surface area contributed by atoms with Crippen LogP contribution in [0.15, 0.2) is 12.1 Å². The van der Waals surface area contributed by atoms with Gasteiger partial charge in [0.15, 0.2) is 0 Å². The Hall–Kier alpha value is -1.85. The maximum Gasteiger partial charge on any atom is 0.368 e. The molecule has 0 bridgehead atoms. The summed E-state index contributed by atoms with van der Waals surface area (Å²) in [5, 5.41) is 27.4. The number of aromatic nitrogens is 1. The second kappa shape index (κ2) is 2.41. The molecule has 1 aromatic rings. The molecule has 0 atom stereocenters. The molecule has 0 unspecified atom stereocenters. The van der Waals surface area contributed by atoms with Crippen molar-refractivity contribution >= 4 is 5.82 Å². The molecule has 0 fully saturated rings. The summed E-state index contributed by atoms with van der Waals surface area (Å²) in [5.74, 6) is -1.71. The minimum atomic E-state index is -0.765. The summed E-state index contributed by atoms with van der Waals surface area (Å²) in [6, 6.07) is 2.00. The Morgan fingerprint density at radius 1 is 1.45 bits per heavy atom. The molecule has 6 heteroatoms. The van der Waals surface area contributed by atoms with E-state index in [1.54, 1.807) is 0 Å². The number of rotatable bonds is 1. The van der Waals surface area contributed by atoms with Crippen LogP contribution in [0.4, 0.5) is 5.82 Å². The van der Waals surface area contributed by atoms with Crippen LogP contribution in [0.2, 0.25) is 0 Å². The van der Waals surface area contributed by atoms with Gasteiger partial charge in [-0.1, -0.05) is 0 Å². The fourth-order valence-electron chi connectivity index (χ4n) is 0.533. The molecule has 6 nitrogen and oxygen atoms in total. The lowest BCUT2D eigenvalue weighted by Crippen LogP contribution is -1.90. The van der Waals surface area contributed by atoms with E-state index in [4.69, 9.17) is 10.2 Å². The van der Waals surface area contributed by atoms with Crippen LogP contribution < -0.4 is 0 Å². The second-order valence-corrected chi connectivity index (χ2v) is 1.77. The highest BCUT2D eigenvalue weighted by Gasteiger charge is 2.12. The molecule has 0 saturated carbocycles. The van der Waals surface area contributed by atoms with Gasteiger partial charge in [0.05, 0.1) is 0 Å². The van der Waals surface area contributed by atoms with Gasteiger partial charge >= 0.3 is 11.7 Å². The molecule has 2 N–H and O–H groups in total. The van der Waals surface area contributed by atoms with Crippen LogP contribution >= 0.6 is 0 Å². The molecular formula is C5H4N2O4. The molecule has 11 heavy (non-hydrogen) atoms. The predicted molar refractivity (Wildman–Crippen MR) is 34.2 cm³/mol. The number of hydrogen-bond acceptors (Lipinski definition) is 5. The monoisotopic (exact) mass is 156 g/mol. The average molecular weight is 156 g/mol. The van der Waals surface area contributed by atoms with Crippen molar-refractivity contribution in [2.45, 2.75) is 0 Å². The molecule has 0 radical (unpaired) electrons. The summed E-state index contributed by atoms with van der Waals surface area (Å²) in [4.78, 5) is 12.3. The summed E-state index contributed by atoms with van der Waals surface area (Å²) in [6.45, 7) is 0. The Bertz CT molecular complexity index is 299. The zero-order valence-corrected chi connectivity index (χ0v) is 5.26. The van der Waals surface area contributed by atoms with E-state index in [1.807, 2.05) is 0 Å². The van der Waals surface area contributed by atoms with Gasteiger partial charge in [-0.3, -0.25) is 0 Å². The van der Waals surface area contributed by atoms with Crippen LogP contribution in [0.5, 0.6) is 11.6 Å². The Labute approximate surface area is 60.9 Å². The van der Waals surface area contributed by atoms with Gasteiger partial charge in [0, 0.05) is 11.1 Å². The number of hydrogen-bond donors (Lipinski definition) is 2. The summed E-state index contributed by atoms with van der Waals surface area (Å²) >= 11 is 0. The normalized spacial score (nSPS) is 9.45. The summed E-state index contributed by atoms with van der Waals surface area (Å²) < 4.78 is 0. The molecule has 0 aliphatic rings. The summed E-state index contributed by atoms with van der Waals surface area (Å²) in [5.41, 5.74) is 0. The fraction of sp³-hybridized carbons (Fsp3) is 0. The van der Waals surface area contributed by atoms with Gasteiger partial charge in [0.2, 0.25) is 5.75 Å². The van der Waals surface area contributed by atoms with E-state index >= 15 is 0 Å². The first-order valence-corrected chi connectivity index (χ1v) is 2.64. The van der Waals surface area contributed by atoms with Crippen LogP contribution in [0.1, 0.15) is 0 Å². The van der Waals surface area contributed by atoms with Crippen LogP contribution in [-0.4, -0.2) is 20.1 Å². The van der Waals surface area contributed by atoms with Gasteiger partial charge in [-0.2, -0.15) is 0 Å². The molecule has 0 saturated heterocycles. The van der Waals surface area contributed by atoms with Crippen LogP contribution in [-0.2, 0) is 0 Å². The van der Waals surface area contributed by atoms with Crippen LogP contribution in [0.3, 0.4) is 0 Å². The predicted octanol–water partition coefficient (Wildman–Crippen LogP) is 0.401. The Morgan fingerprint density at radius 3 is 2.55 bits per heavy atom. The minimum Gasteiger partial charge on any atom is -0.501 e. The zero-order chi connectivity index (χ0) is 8.43. The van der Waals surface area contributed by atoms with Crippen LogP contribution in [0.25, 0.3) is 0 Å². The fourth-order valence-corrected chi connectivity index (χ4v) is 0.533. The van der Waals surface area contributed by atoms with Crippen molar-refractivity contribution in [2.24, 2.45) is 0 Å². The van der Waals surface area contributed by atoms with E-state index in [0.29, 0.717) is 0 Å². The Balaban J connectivity index is 3.15. The van der Waals surface area contributed by atoms with Crippen molar-refractivity contribution < 1.29 is 15.1 Å². The van der Waals surface area contributed by atoms with Crippen LogP contribution in [0, 0.1) is 10.1 Å². The molecule has 0 spiro atoms. The lowest BCUT2D eigenvalue weighted by Gasteiger charge is -1.92. The van der Waals surface area contributed by atoms with Gasteiger partial charge in [0.25, 0.3) is 0 Å². The van der Waals surface area contributed by atoms with Crippen molar-refractivity contribution in [3.63, 3.8) is 0 Å². The zero-order valence-electron chi connectivity index (χ0n) is 5.26. The van der Waals surface area contributed by atoms with Gasteiger partial charge < -0.3 is 20.3 Å². The largest absolute Gasteiger partial charge is 0.501 e. The molecule has 0 amide bonds. The van der Waals surface area contributed by atoms with E-state index in [9.17, 15) is 10.1 Å². The SMILES string of the molecule is O=[N+]([O-])c1ccc(O)c(O)n1. The molecule has 1 aromatic heterocycles. The Morgan fingerprint density at radius 2 is 2.09 bits per heavy atom. The van der Waals surface area contributed by atoms with Crippen molar-refractivity contribution in [2.75, 3.05) is 0 Å². The maximum absolute atomic E-state index is 10.0. The lowest BCUT2D eigenvalue weighted by atomic mass is 10.4. The molecule has 1 rings (SSSR count). The number of aromatic hydroxyl groups is 2. The molecule has 1 heterocycles. The van der Waals surface area contributed by atoms with Crippen molar-refractivity contribution in [1.82, 2.24) is 4.98 Å². The number of pyridine rings is 1. The first-order chi connectivity index (χ1) is 5.11. The van der Waals surface area contributed by atoms with Gasteiger partial charge in [0.1, 0.15) is 0 Å². The number of nitrogens with zero attached hydrogens (tertiary/aromatic N) is 2. The van der Waals surface area contributed by atoms with Crippen molar-refractivity contribution in [1.29, 1.82) is 0 Å². The standard InChI is InChI=1S/C5H4N2O4/c8-3-1-2-4(7(10)11)6-5(3)9/h1-2,8H,(H,6,9). The first kappa shape index (κ1) is 7.26. The maximum atomic E-state index is 10.0. The molecule has 0 aliphatic carbocycles. The van der Waals surface area contributed by atoms with E-state index in [2.05, 4.69) is 4.98 Å². The lowest BCUT2D eigenvalue weighted by molar-refractivity contribution is -0.389. The van der Waals surface area contributed by atoms with Gasteiger partial charge in [-0.25, -0.2) is 0 Å². The van der Waals surface area contributed by atoms with E-state index in [1.165, 1.54) is 0 Å². The topological polar surface area (TPSA) is 96.5 Å². The van der Waals surface area contributed by atoms with E-state index in [-0.39, 0.29) is 0 Å². The summed E-state index contributed by atoms with van der Waals surface area (Å²) in [7, 11) is 0. The van der Waals surface area contributed by atoms with Crippen molar-refractivity contribution in [3.05, 3.63) is 22.2 Å². The minimum absolute atomic E-state index is 0.476. The Kier molecular flexibility index (Phi) is 1.59. The quantitative estimate of drug-likeness (QED) is 0.453. The smallest absolute Gasteiger partial charge is 0.368 e. The third-order valence-corrected chi connectivity index (χ3v) is 1.03. The molecule has 58 valence electrons. The van der Waals surface area contributed by atoms with Crippen molar-refractivity contribution in [3.8, 4) is 11.6 Å².